The number of aliphatic imine (C=N–C) groups is 1. The molecule has 1 atom stereocenters. The third-order valence-corrected chi connectivity index (χ3v) is 4.80. The first-order valence-corrected chi connectivity index (χ1v) is 9.25. The molecule has 0 aliphatic rings. The summed E-state index contributed by atoms with van der Waals surface area (Å²) in [4.78, 5) is 20.1. The van der Waals surface area contributed by atoms with Gasteiger partial charge in [0, 0.05) is 35.3 Å². The number of nitrogens with one attached hydrogen (secondary N) is 2. The normalized spacial score (nSPS) is 12.2. The molecule has 0 aliphatic heterocycles. The highest BCUT2D eigenvalue weighted by Crippen LogP contribution is 2.25. The molecule has 1 amide bonds. The van der Waals surface area contributed by atoms with Gasteiger partial charge in [-0.15, -0.1) is 5.10 Å². The third kappa shape index (κ3) is 4.98. The van der Waals surface area contributed by atoms with E-state index in [1.54, 1.807) is 42.6 Å². The number of phenolic OH excluding ortho intramolecular Hbond substituents is 1. The van der Waals surface area contributed by atoms with Crippen molar-refractivity contribution in [2.24, 2.45) is 21.6 Å². The van der Waals surface area contributed by atoms with Gasteiger partial charge < -0.3 is 21.6 Å². The molecule has 0 aliphatic carbocycles. The van der Waals surface area contributed by atoms with Crippen LogP contribution in [0.4, 0.5) is 0 Å². The number of rotatable bonds is 6. The van der Waals surface area contributed by atoms with Crippen LogP contribution in [0.5, 0.6) is 5.75 Å². The lowest BCUT2D eigenvalue weighted by Crippen LogP contribution is -2.35. The predicted octanol–water partition coefficient (Wildman–Crippen LogP) is 2.52. The second-order valence-electron chi connectivity index (χ2n) is 6.19. The molecular formula is C19H18Cl2N6O2. The molecule has 150 valence electrons. The summed E-state index contributed by atoms with van der Waals surface area (Å²) in [6.45, 7) is 0. The molecule has 0 fully saturated rings. The SMILES string of the molecule is NC(N)=NNC(=O)C(Cc1c[nH]c2ccc(O)cc12)N=Cc1c(Cl)cccc1Cl. The summed E-state index contributed by atoms with van der Waals surface area (Å²) in [6.07, 6.45) is 3.41. The van der Waals surface area contributed by atoms with E-state index in [2.05, 4.69) is 20.5 Å². The number of nitrogens with two attached hydrogens (primary N) is 2. The van der Waals surface area contributed by atoms with Crippen molar-refractivity contribution in [2.45, 2.75) is 12.5 Å². The number of carbonyl (C=O) groups excluding carboxylic acids is 1. The predicted molar refractivity (Wildman–Crippen MR) is 115 cm³/mol. The Morgan fingerprint density at radius 1 is 1.24 bits per heavy atom. The molecule has 8 nitrogen and oxygen atoms in total. The zero-order valence-electron chi connectivity index (χ0n) is 15.1. The number of carbonyl (C=O) groups is 1. The number of hydrazone groups is 1. The van der Waals surface area contributed by atoms with Gasteiger partial charge in [0.1, 0.15) is 11.8 Å². The number of aromatic amines is 1. The minimum atomic E-state index is -0.883. The van der Waals surface area contributed by atoms with Gasteiger partial charge in [-0.1, -0.05) is 29.3 Å². The maximum atomic E-state index is 12.6. The minimum Gasteiger partial charge on any atom is -0.508 e. The molecule has 29 heavy (non-hydrogen) atoms. The average Bonchev–Trinajstić information content (AvgIpc) is 3.06. The van der Waals surface area contributed by atoms with Gasteiger partial charge >= 0.3 is 0 Å². The number of guanidine groups is 1. The molecule has 0 saturated heterocycles. The van der Waals surface area contributed by atoms with Crippen molar-refractivity contribution in [3.05, 3.63) is 63.8 Å². The number of amides is 1. The highest BCUT2D eigenvalue weighted by atomic mass is 35.5. The summed E-state index contributed by atoms with van der Waals surface area (Å²) in [5, 5.41) is 14.9. The Morgan fingerprint density at radius 3 is 2.66 bits per heavy atom. The van der Waals surface area contributed by atoms with Crippen LogP contribution in [-0.4, -0.2) is 34.2 Å². The Balaban J connectivity index is 1.94. The largest absolute Gasteiger partial charge is 0.508 e. The van der Waals surface area contributed by atoms with Crippen molar-refractivity contribution in [3.63, 3.8) is 0 Å². The van der Waals surface area contributed by atoms with Gasteiger partial charge in [0.25, 0.3) is 5.91 Å². The van der Waals surface area contributed by atoms with Gasteiger partial charge in [-0.25, -0.2) is 5.43 Å². The lowest BCUT2D eigenvalue weighted by molar-refractivity contribution is -0.122. The average molecular weight is 433 g/mol. The van der Waals surface area contributed by atoms with Crippen molar-refractivity contribution in [1.82, 2.24) is 10.4 Å². The van der Waals surface area contributed by atoms with E-state index in [1.165, 1.54) is 6.21 Å². The first-order chi connectivity index (χ1) is 13.8. The summed E-state index contributed by atoms with van der Waals surface area (Å²) in [5.41, 5.74) is 14.9. The van der Waals surface area contributed by atoms with Crippen molar-refractivity contribution in [3.8, 4) is 5.75 Å². The number of H-pyrrole nitrogens is 1. The minimum absolute atomic E-state index is 0.117. The van der Waals surface area contributed by atoms with E-state index in [0.29, 0.717) is 15.6 Å². The summed E-state index contributed by atoms with van der Waals surface area (Å²) in [5.74, 6) is -0.689. The van der Waals surface area contributed by atoms with Gasteiger partial charge in [0.15, 0.2) is 0 Å². The van der Waals surface area contributed by atoms with E-state index < -0.39 is 11.9 Å². The summed E-state index contributed by atoms with van der Waals surface area (Å²) in [6, 6.07) is 9.10. The van der Waals surface area contributed by atoms with Gasteiger partial charge in [-0.05, 0) is 35.9 Å². The van der Waals surface area contributed by atoms with Crippen LogP contribution in [-0.2, 0) is 11.2 Å². The molecule has 3 aromatic rings. The monoisotopic (exact) mass is 432 g/mol. The third-order valence-electron chi connectivity index (χ3n) is 4.15. The fraction of sp³-hybridized carbons (Fsp3) is 0.105. The van der Waals surface area contributed by atoms with Crippen LogP contribution < -0.4 is 16.9 Å². The Hall–Kier alpha value is -3.23. The maximum absolute atomic E-state index is 12.6. The number of fused-ring (bicyclic) bond motifs is 1. The number of benzene rings is 2. The quantitative estimate of drug-likeness (QED) is 0.231. The van der Waals surface area contributed by atoms with E-state index in [0.717, 1.165) is 16.5 Å². The fourth-order valence-corrected chi connectivity index (χ4v) is 3.24. The standard InChI is InChI=1S/C19H18Cl2N6O2/c20-14-2-1-3-15(21)13(14)9-25-17(18(29)26-27-19(22)23)6-10-8-24-16-5-4-11(28)7-12(10)16/h1-5,7-9,17,24,28H,6H2,(H,26,29)(H4,22,23,27). The molecule has 0 bridgehead atoms. The fourth-order valence-electron chi connectivity index (χ4n) is 2.75. The van der Waals surface area contributed by atoms with E-state index in [1.807, 2.05) is 0 Å². The van der Waals surface area contributed by atoms with Crippen molar-refractivity contribution in [2.75, 3.05) is 0 Å². The van der Waals surface area contributed by atoms with Crippen LogP contribution in [0, 0.1) is 0 Å². The zero-order chi connectivity index (χ0) is 21.0. The Morgan fingerprint density at radius 2 is 1.97 bits per heavy atom. The molecular weight excluding hydrogens is 415 g/mol. The van der Waals surface area contributed by atoms with Crippen molar-refractivity contribution < 1.29 is 9.90 Å². The van der Waals surface area contributed by atoms with Crippen LogP contribution in [0.1, 0.15) is 11.1 Å². The highest BCUT2D eigenvalue weighted by Gasteiger charge is 2.20. The first kappa shape index (κ1) is 20.5. The molecule has 2 aromatic carbocycles. The lowest BCUT2D eigenvalue weighted by atomic mass is 10.0. The van der Waals surface area contributed by atoms with E-state index in [-0.39, 0.29) is 18.1 Å². The zero-order valence-corrected chi connectivity index (χ0v) is 16.6. The van der Waals surface area contributed by atoms with Crippen LogP contribution >= 0.6 is 23.2 Å². The number of aromatic nitrogens is 1. The first-order valence-electron chi connectivity index (χ1n) is 8.50. The molecule has 0 radical (unpaired) electrons. The molecule has 1 unspecified atom stereocenters. The van der Waals surface area contributed by atoms with Gasteiger partial charge in [0.2, 0.25) is 5.96 Å². The second-order valence-corrected chi connectivity index (χ2v) is 7.00. The van der Waals surface area contributed by atoms with Crippen LogP contribution in [0.15, 0.2) is 52.7 Å². The van der Waals surface area contributed by atoms with Gasteiger partial charge in [-0.3, -0.25) is 9.79 Å². The number of phenols is 1. The summed E-state index contributed by atoms with van der Waals surface area (Å²) in [7, 11) is 0. The number of halogens is 2. The van der Waals surface area contributed by atoms with Crippen molar-refractivity contribution >= 4 is 52.2 Å². The maximum Gasteiger partial charge on any atom is 0.265 e. The van der Waals surface area contributed by atoms with Gasteiger partial charge in [0.05, 0.1) is 10.0 Å². The number of hydrogen-bond donors (Lipinski definition) is 5. The Kier molecular flexibility index (Phi) is 6.26. The van der Waals surface area contributed by atoms with E-state index in [4.69, 9.17) is 34.7 Å². The topological polar surface area (TPSA) is 142 Å². The van der Waals surface area contributed by atoms with Crippen LogP contribution in [0.2, 0.25) is 10.0 Å². The molecule has 1 heterocycles. The number of hydrogen-bond acceptors (Lipinski definition) is 4. The van der Waals surface area contributed by atoms with E-state index >= 15 is 0 Å². The lowest BCUT2D eigenvalue weighted by Gasteiger charge is -2.11. The number of aromatic hydroxyl groups is 1. The molecule has 1 aromatic heterocycles. The van der Waals surface area contributed by atoms with Crippen molar-refractivity contribution in [1.29, 1.82) is 0 Å². The molecule has 7 N–H and O–H groups in total. The molecule has 0 spiro atoms. The van der Waals surface area contributed by atoms with Crippen LogP contribution in [0.25, 0.3) is 10.9 Å². The summed E-state index contributed by atoms with van der Waals surface area (Å²) >= 11 is 12.3. The van der Waals surface area contributed by atoms with Gasteiger partial charge in [-0.2, -0.15) is 0 Å². The highest BCUT2D eigenvalue weighted by molar-refractivity contribution is 6.38. The number of nitrogens with zero attached hydrogens (tertiary/aromatic N) is 2. The van der Waals surface area contributed by atoms with E-state index in [9.17, 15) is 9.90 Å². The molecule has 3 rings (SSSR count). The second kappa shape index (κ2) is 8.85. The Labute approximate surface area is 176 Å². The van der Waals surface area contributed by atoms with Crippen LogP contribution in [0.3, 0.4) is 0 Å². The summed E-state index contributed by atoms with van der Waals surface area (Å²) < 4.78 is 0. The Bertz CT molecular complexity index is 1090. The molecule has 10 heteroatoms. The molecule has 0 saturated carbocycles. The smallest absolute Gasteiger partial charge is 0.265 e.